The molecule has 0 bridgehead atoms. The van der Waals surface area contributed by atoms with Gasteiger partial charge in [-0.15, -0.1) is 0 Å². The highest BCUT2D eigenvalue weighted by molar-refractivity contribution is 6.31. The van der Waals surface area contributed by atoms with E-state index in [1.165, 1.54) is 0 Å². The molecule has 1 saturated heterocycles. The normalized spacial score (nSPS) is 15.5. The van der Waals surface area contributed by atoms with Gasteiger partial charge in [0.05, 0.1) is 23.5 Å². The monoisotopic (exact) mass is 410 g/mol. The van der Waals surface area contributed by atoms with Crippen molar-refractivity contribution >= 4 is 28.3 Å². The third-order valence-corrected chi connectivity index (χ3v) is 5.79. The Labute approximate surface area is 173 Å². The molecule has 1 aliphatic heterocycles. The predicted octanol–water partition coefficient (Wildman–Crippen LogP) is 3.07. The van der Waals surface area contributed by atoms with E-state index in [1.54, 1.807) is 12.1 Å². The quantitative estimate of drug-likeness (QED) is 0.654. The Kier molecular flexibility index (Phi) is 5.92. The van der Waals surface area contributed by atoms with E-state index in [1.807, 2.05) is 36.4 Å². The van der Waals surface area contributed by atoms with Gasteiger partial charge in [-0.05, 0) is 43.6 Å². The van der Waals surface area contributed by atoms with Crippen molar-refractivity contribution in [3.8, 4) is 0 Å². The molecule has 1 unspecified atom stereocenters. The van der Waals surface area contributed by atoms with Crippen LogP contribution in [-0.4, -0.2) is 40.6 Å². The molecule has 2 N–H and O–H groups in total. The largest absolute Gasteiger partial charge is 0.354 e. The number of H-pyrrole nitrogens is 1. The molecule has 1 aromatic heterocycles. The first-order valence-electron chi connectivity index (χ1n) is 9.85. The van der Waals surface area contributed by atoms with E-state index in [2.05, 4.69) is 20.4 Å². The fourth-order valence-corrected chi connectivity index (χ4v) is 4.23. The lowest BCUT2D eigenvalue weighted by atomic mass is 10.0. The van der Waals surface area contributed by atoms with Gasteiger partial charge in [-0.25, -0.2) is 5.10 Å². The van der Waals surface area contributed by atoms with Crippen LogP contribution in [0.3, 0.4) is 0 Å². The van der Waals surface area contributed by atoms with E-state index in [-0.39, 0.29) is 23.9 Å². The summed E-state index contributed by atoms with van der Waals surface area (Å²) in [6, 6.07) is 15.0. The molecular formula is C22H23ClN4O2. The van der Waals surface area contributed by atoms with Gasteiger partial charge in [0.15, 0.2) is 0 Å². The van der Waals surface area contributed by atoms with Crippen molar-refractivity contribution in [2.24, 2.45) is 0 Å². The number of nitrogens with zero attached hydrogens (tertiary/aromatic N) is 2. The van der Waals surface area contributed by atoms with Crippen LogP contribution in [-0.2, 0) is 11.2 Å². The number of amides is 1. The zero-order valence-corrected chi connectivity index (χ0v) is 16.8. The fourth-order valence-electron chi connectivity index (χ4n) is 3.97. The molecule has 4 rings (SSSR count). The topological polar surface area (TPSA) is 78.1 Å². The summed E-state index contributed by atoms with van der Waals surface area (Å²) >= 11 is 6.44. The highest BCUT2D eigenvalue weighted by atomic mass is 35.5. The van der Waals surface area contributed by atoms with Gasteiger partial charge >= 0.3 is 0 Å². The van der Waals surface area contributed by atoms with Crippen LogP contribution in [0.2, 0.25) is 5.02 Å². The number of likely N-dealkylation sites (tertiary alicyclic amines) is 1. The van der Waals surface area contributed by atoms with Gasteiger partial charge in [-0.1, -0.05) is 48.0 Å². The molecule has 29 heavy (non-hydrogen) atoms. The number of hydrogen-bond acceptors (Lipinski definition) is 4. The number of hydrogen-bond donors (Lipinski definition) is 2. The Balaban J connectivity index is 1.50. The number of fused-ring (bicyclic) bond motifs is 1. The van der Waals surface area contributed by atoms with Crippen molar-refractivity contribution in [3.05, 3.63) is 75.2 Å². The Hall–Kier alpha value is -2.70. The van der Waals surface area contributed by atoms with Crippen molar-refractivity contribution in [1.29, 1.82) is 0 Å². The number of rotatable bonds is 6. The Morgan fingerprint density at radius 2 is 1.79 bits per heavy atom. The van der Waals surface area contributed by atoms with Gasteiger partial charge in [0.25, 0.3) is 5.56 Å². The summed E-state index contributed by atoms with van der Waals surface area (Å²) in [5.41, 5.74) is 1.34. The molecule has 1 atom stereocenters. The SMILES string of the molecule is O=C(Cc1n[nH]c(=O)c2ccccc12)NCC(c1ccccc1Cl)N1CCCC1. The molecule has 2 aromatic carbocycles. The van der Waals surface area contributed by atoms with E-state index in [0.717, 1.165) is 31.5 Å². The van der Waals surface area contributed by atoms with Gasteiger partial charge in [0.2, 0.25) is 5.91 Å². The molecule has 7 heteroatoms. The van der Waals surface area contributed by atoms with Crippen LogP contribution in [0.25, 0.3) is 10.8 Å². The molecular weight excluding hydrogens is 388 g/mol. The predicted molar refractivity (Wildman–Crippen MR) is 114 cm³/mol. The summed E-state index contributed by atoms with van der Waals surface area (Å²) in [5.74, 6) is -0.133. The average molecular weight is 411 g/mol. The molecule has 1 aliphatic rings. The Morgan fingerprint density at radius 3 is 2.55 bits per heavy atom. The molecule has 2 heterocycles. The number of aromatic amines is 1. The lowest BCUT2D eigenvalue weighted by Crippen LogP contribution is -2.37. The number of carbonyl (C=O) groups is 1. The highest BCUT2D eigenvalue weighted by Gasteiger charge is 2.25. The van der Waals surface area contributed by atoms with Crippen LogP contribution in [0, 0.1) is 0 Å². The summed E-state index contributed by atoms with van der Waals surface area (Å²) in [4.78, 5) is 27.0. The van der Waals surface area contributed by atoms with Crippen LogP contribution >= 0.6 is 11.6 Å². The standard InChI is InChI=1S/C22H23ClN4O2/c23-18-10-4-3-9-17(18)20(27-11-5-6-12-27)14-24-21(28)13-19-15-7-1-2-8-16(15)22(29)26-25-19/h1-4,7-10,20H,5-6,11-14H2,(H,24,28)(H,26,29). The molecule has 0 spiro atoms. The van der Waals surface area contributed by atoms with Crippen LogP contribution in [0.4, 0.5) is 0 Å². The summed E-state index contributed by atoms with van der Waals surface area (Å²) in [6.07, 6.45) is 2.41. The van der Waals surface area contributed by atoms with Crippen molar-refractivity contribution in [1.82, 2.24) is 20.4 Å². The number of carbonyl (C=O) groups excluding carboxylic acids is 1. The minimum atomic E-state index is -0.252. The molecule has 0 aliphatic carbocycles. The van der Waals surface area contributed by atoms with Crippen molar-refractivity contribution in [3.63, 3.8) is 0 Å². The fraction of sp³-hybridized carbons (Fsp3) is 0.318. The number of nitrogens with one attached hydrogen (secondary N) is 2. The van der Waals surface area contributed by atoms with E-state index in [0.29, 0.717) is 28.0 Å². The van der Waals surface area contributed by atoms with Gasteiger partial charge in [0, 0.05) is 17.0 Å². The van der Waals surface area contributed by atoms with Crippen molar-refractivity contribution in [2.45, 2.75) is 25.3 Å². The average Bonchev–Trinajstić information content (AvgIpc) is 3.26. The van der Waals surface area contributed by atoms with Gasteiger partial charge in [-0.2, -0.15) is 5.10 Å². The van der Waals surface area contributed by atoms with Gasteiger partial charge < -0.3 is 5.32 Å². The number of benzene rings is 2. The minimum absolute atomic E-state index is 0.0374. The zero-order chi connectivity index (χ0) is 20.2. The zero-order valence-electron chi connectivity index (χ0n) is 16.0. The van der Waals surface area contributed by atoms with Crippen molar-refractivity contribution in [2.75, 3.05) is 19.6 Å². The molecule has 150 valence electrons. The second-order valence-electron chi connectivity index (χ2n) is 7.31. The highest BCUT2D eigenvalue weighted by Crippen LogP contribution is 2.29. The minimum Gasteiger partial charge on any atom is -0.354 e. The van der Waals surface area contributed by atoms with Crippen LogP contribution in [0.15, 0.2) is 53.3 Å². The molecule has 6 nitrogen and oxygen atoms in total. The first kappa shape index (κ1) is 19.6. The first-order valence-corrected chi connectivity index (χ1v) is 10.2. The summed E-state index contributed by atoms with van der Waals surface area (Å²) in [6.45, 7) is 2.47. The lowest BCUT2D eigenvalue weighted by Gasteiger charge is -2.29. The molecule has 3 aromatic rings. The number of aromatic nitrogens is 2. The maximum atomic E-state index is 12.7. The summed E-state index contributed by atoms with van der Waals surface area (Å²) in [7, 11) is 0. The molecule has 0 saturated carbocycles. The third kappa shape index (κ3) is 4.33. The maximum Gasteiger partial charge on any atom is 0.272 e. The maximum absolute atomic E-state index is 12.7. The molecule has 1 amide bonds. The van der Waals surface area contributed by atoms with E-state index < -0.39 is 0 Å². The first-order chi connectivity index (χ1) is 14.1. The van der Waals surface area contributed by atoms with Crippen LogP contribution in [0.5, 0.6) is 0 Å². The lowest BCUT2D eigenvalue weighted by molar-refractivity contribution is -0.120. The summed E-state index contributed by atoms with van der Waals surface area (Å²) in [5, 5.41) is 11.6. The molecule has 1 fully saturated rings. The van der Waals surface area contributed by atoms with Crippen LogP contribution in [0.1, 0.15) is 30.1 Å². The Bertz CT molecular complexity index is 1080. The smallest absolute Gasteiger partial charge is 0.272 e. The molecule has 0 radical (unpaired) electrons. The van der Waals surface area contributed by atoms with Crippen LogP contribution < -0.4 is 10.9 Å². The van der Waals surface area contributed by atoms with E-state index >= 15 is 0 Å². The second kappa shape index (κ2) is 8.76. The van der Waals surface area contributed by atoms with Gasteiger partial charge in [0.1, 0.15) is 0 Å². The van der Waals surface area contributed by atoms with E-state index in [9.17, 15) is 9.59 Å². The summed E-state index contributed by atoms with van der Waals surface area (Å²) < 4.78 is 0. The number of halogens is 1. The third-order valence-electron chi connectivity index (χ3n) is 5.44. The van der Waals surface area contributed by atoms with Gasteiger partial charge in [-0.3, -0.25) is 14.5 Å². The second-order valence-corrected chi connectivity index (χ2v) is 7.71. The Morgan fingerprint density at radius 1 is 1.10 bits per heavy atom. The van der Waals surface area contributed by atoms with Crippen molar-refractivity contribution < 1.29 is 4.79 Å². The van der Waals surface area contributed by atoms with E-state index in [4.69, 9.17) is 11.6 Å².